The molecule has 1 unspecified atom stereocenters. The van der Waals surface area contributed by atoms with Crippen molar-refractivity contribution in [1.82, 2.24) is 0 Å². The summed E-state index contributed by atoms with van der Waals surface area (Å²) in [7, 11) is 0. The lowest BCUT2D eigenvalue weighted by Crippen LogP contribution is -2.29. The molecule has 2 aromatic carbocycles. The Morgan fingerprint density at radius 3 is 2.48 bits per heavy atom. The van der Waals surface area contributed by atoms with Crippen molar-refractivity contribution in [1.29, 1.82) is 0 Å². The van der Waals surface area contributed by atoms with E-state index in [0.717, 1.165) is 16.8 Å². The van der Waals surface area contributed by atoms with Crippen LogP contribution in [0.5, 0.6) is 0 Å². The topological polar surface area (TPSA) is 47.6 Å². The minimum absolute atomic E-state index is 0.162. The lowest BCUT2D eigenvalue weighted by Gasteiger charge is -2.15. The third-order valence-corrected chi connectivity index (χ3v) is 3.44. The maximum atomic E-state index is 12.3. The van der Waals surface area contributed by atoms with E-state index in [2.05, 4.69) is 5.32 Å². The number of carbonyl (C=O) groups is 1. The van der Waals surface area contributed by atoms with Crippen molar-refractivity contribution in [2.75, 3.05) is 25.1 Å². The molecule has 0 bridgehead atoms. The van der Waals surface area contributed by atoms with Crippen molar-refractivity contribution in [2.24, 2.45) is 0 Å². The van der Waals surface area contributed by atoms with Crippen molar-refractivity contribution in [2.45, 2.75) is 20.0 Å². The van der Waals surface area contributed by atoms with E-state index in [1.165, 1.54) is 0 Å². The van der Waals surface area contributed by atoms with Gasteiger partial charge in [0, 0.05) is 17.9 Å². The first kappa shape index (κ1) is 17.2. The third-order valence-electron chi connectivity index (χ3n) is 3.44. The Labute approximate surface area is 137 Å². The number of carbonyl (C=O) groups excluding carboxylic acids is 1. The number of nitrogens with one attached hydrogen (secondary N) is 1. The number of rotatable bonds is 8. The number of hydrogen-bond donors (Lipinski definition) is 1. The van der Waals surface area contributed by atoms with Crippen LogP contribution in [0.25, 0.3) is 11.1 Å². The molecular formula is C19H23NO3. The molecule has 1 N–H and O–H groups in total. The molecule has 0 aliphatic rings. The highest BCUT2D eigenvalue weighted by atomic mass is 16.5. The van der Waals surface area contributed by atoms with Gasteiger partial charge in [0.2, 0.25) is 0 Å². The van der Waals surface area contributed by atoms with E-state index < -0.39 is 6.10 Å². The first-order chi connectivity index (χ1) is 11.2. The molecule has 0 fully saturated rings. The maximum absolute atomic E-state index is 12.3. The molecule has 122 valence electrons. The lowest BCUT2D eigenvalue weighted by atomic mass is 10.0. The lowest BCUT2D eigenvalue weighted by molar-refractivity contribution is -0.127. The fourth-order valence-corrected chi connectivity index (χ4v) is 2.20. The van der Waals surface area contributed by atoms with Crippen LogP contribution in [0.15, 0.2) is 54.6 Å². The smallest absolute Gasteiger partial charge is 0.253 e. The van der Waals surface area contributed by atoms with Crippen molar-refractivity contribution >= 4 is 11.6 Å². The quantitative estimate of drug-likeness (QED) is 0.755. The second-order valence-electron chi connectivity index (χ2n) is 5.11. The molecule has 23 heavy (non-hydrogen) atoms. The van der Waals surface area contributed by atoms with E-state index >= 15 is 0 Å². The number of benzene rings is 2. The summed E-state index contributed by atoms with van der Waals surface area (Å²) in [6.45, 7) is 5.22. The Hall–Kier alpha value is -2.17. The minimum atomic E-state index is -0.528. The van der Waals surface area contributed by atoms with E-state index in [-0.39, 0.29) is 5.91 Å². The summed E-state index contributed by atoms with van der Waals surface area (Å²) < 4.78 is 10.7. The minimum Gasteiger partial charge on any atom is -0.379 e. The van der Waals surface area contributed by atoms with Gasteiger partial charge >= 0.3 is 0 Å². The van der Waals surface area contributed by atoms with Gasteiger partial charge in [-0.2, -0.15) is 0 Å². The molecule has 4 heteroatoms. The molecule has 0 aliphatic carbocycles. The number of para-hydroxylation sites is 1. The molecular weight excluding hydrogens is 290 g/mol. The SMILES string of the molecule is CCOCCOC(C)C(=O)Nc1ccccc1-c1ccccc1. The fraction of sp³-hybridized carbons (Fsp3) is 0.316. The second-order valence-corrected chi connectivity index (χ2v) is 5.11. The zero-order valence-electron chi connectivity index (χ0n) is 13.6. The van der Waals surface area contributed by atoms with Gasteiger partial charge in [0.1, 0.15) is 6.10 Å². The summed E-state index contributed by atoms with van der Waals surface area (Å²) in [5.74, 6) is -0.162. The fourth-order valence-electron chi connectivity index (χ4n) is 2.20. The normalized spacial score (nSPS) is 11.9. The third kappa shape index (κ3) is 5.20. The summed E-state index contributed by atoms with van der Waals surface area (Å²) in [5.41, 5.74) is 2.83. The van der Waals surface area contributed by atoms with Gasteiger partial charge in [0.05, 0.1) is 13.2 Å². The summed E-state index contributed by atoms with van der Waals surface area (Å²) in [5, 5.41) is 2.94. The summed E-state index contributed by atoms with van der Waals surface area (Å²) in [6.07, 6.45) is -0.528. The van der Waals surface area contributed by atoms with Crippen LogP contribution in [0.3, 0.4) is 0 Å². The number of amides is 1. The highest BCUT2D eigenvalue weighted by molar-refractivity contribution is 5.97. The van der Waals surface area contributed by atoms with Crippen molar-refractivity contribution in [3.05, 3.63) is 54.6 Å². The van der Waals surface area contributed by atoms with Crippen molar-refractivity contribution < 1.29 is 14.3 Å². The molecule has 4 nitrogen and oxygen atoms in total. The van der Waals surface area contributed by atoms with Gasteiger partial charge in [0.15, 0.2) is 0 Å². The van der Waals surface area contributed by atoms with E-state index in [9.17, 15) is 4.79 Å². The zero-order valence-corrected chi connectivity index (χ0v) is 13.6. The van der Waals surface area contributed by atoms with E-state index in [0.29, 0.717) is 19.8 Å². The molecule has 0 heterocycles. The second kappa shape index (κ2) is 9.08. The molecule has 0 aliphatic heterocycles. The molecule has 1 atom stereocenters. The molecule has 0 radical (unpaired) electrons. The van der Waals surface area contributed by atoms with Gasteiger partial charge in [-0.1, -0.05) is 48.5 Å². The summed E-state index contributed by atoms with van der Waals surface area (Å²) >= 11 is 0. The average Bonchev–Trinajstić information content (AvgIpc) is 2.59. The number of ether oxygens (including phenoxy) is 2. The van der Waals surface area contributed by atoms with Crippen LogP contribution >= 0.6 is 0 Å². The van der Waals surface area contributed by atoms with E-state index in [4.69, 9.17) is 9.47 Å². The molecule has 0 saturated carbocycles. The Balaban J connectivity index is 2.01. The molecule has 2 aromatic rings. The Kier molecular flexibility index (Phi) is 6.78. The van der Waals surface area contributed by atoms with E-state index in [1.54, 1.807) is 6.92 Å². The number of hydrogen-bond acceptors (Lipinski definition) is 3. The molecule has 1 amide bonds. The molecule has 0 aromatic heterocycles. The first-order valence-corrected chi connectivity index (χ1v) is 7.87. The van der Waals surface area contributed by atoms with Crippen LogP contribution in [0.4, 0.5) is 5.69 Å². The predicted octanol–water partition coefficient (Wildman–Crippen LogP) is 3.73. The van der Waals surface area contributed by atoms with Crippen LogP contribution in [-0.4, -0.2) is 31.8 Å². The van der Waals surface area contributed by atoms with Gasteiger partial charge in [0.25, 0.3) is 5.91 Å². The highest BCUT2D eigenvalue weighted by Gasteiger charge is 2.15. The molecule has 0 spiro atoms. The van der Waals surface area contributed by atoms with Crippen LogP contribution in [0, 0.1) is 0 Å². The average molecular weight is 313 g/mol. The van der Waals surface area contributed by atoms with Gasteiger partial charge in [-0.3, -0.25) is 4.79 Å². The Morgan fingerprint density at radius 2 is 1.74 bits per heavy atom. The number of anilines is 1. The Bertz CT molecular complexity index is 613. The summed E-state index contributed by atoms with van der Waals surface area (Å²) in [6, 6.07) is 17.7. The monoisotopic (exact) mass is 313 g/mol. The van der Waals surface area contributed by atoms with Gasteiger partial charge in [-0.05, 0) is 25.5 Å². The largest absolute Gasteiger partial charge is 0.379 e. The van der Waals surface area contributed by atoms with Gasteiger partial charge < -0.3 is 14.8 Å². The van der Waals surface area contributed by atoms with Crippen LogP contribution < -0.4 is 5.32 Å². The maximum Gasteiger partial charge on any atom is 0.253 e. The Morgan fingerprint density at radius 1 is 1.04 bits per heavy atom. The summed E-state index contributed by atoms with van der Waals surface area (Å²) in [4.78, 5) is 12.3. The van der Waals surface area contributed by atoms with Crippen LogP contribution in [0.2, 0.25) is 0 Å². The van der Waals surface area contributed by atoms with Crippen LogP contribution in [0.1, 0.15) is 13.8 Å². The van der Waals surface area contributed by atoms with Crippen molar-refractivity contribution in [3.63, 3.8) is 0 Å². The predicted molar refractivity (Wildman–Crippen MR) is 92.4 cm³/mol. The van der Waals surface area contributed by atoms with Gasteiger partial charge in [-0.25, -0.2) is 0 Å². The van der Waals surface area contributed by atoms with E-state index in [1.807, 2.05) is 61.5 Å². The standard InChI is InChI=1S/C19H23NO3/c1-3-22-13-14-23-15(2)19(21)20-18-12-8-7-11-17(18)16-9-5-4-6-10-16/h4-12,15H,3,13-14H2,1-2H3,(H,20,21). The molecule has 2 rings (SSSR count). The first-order valence-electron chi connectivity index (χ1n) is 7.87. The van der Waals surface area contributed by atoms with Gasteiger partial charge in [-0.15, -0.1) is 0 Å². The zero-order chi connectivity index (χ0) is 16.5. The molecule has 0 saturated heterocycles. The highest BCUT2D eigenvalue weighted by Crippen LogP contribution is 2.27. The van der Waals surface area contributed by atoms with Crippen molar-refractivity contribution in [3.8, 4) is 11.1 Å². The van der Waals surface area contributed by atoms with Crippen LogP contribution in [-0.2, 0) is 14.3 Å².